The molecule has 2 aromatic carbocycles. The molecule has 0 amide bonds. The van der Waals surface area contributed by atoms with E-state index in [-0.39, 0.29) is 11.9 Å². The fourth-order valence-corrected chi connectivity index (χ4v) is 2.65. The Morgan fingerprint density at radius 1 is 1.17 bits per heavy atom. The van der Waals surface area contributed by atoms with E-state index in [4.69, 9.17) is 17.3 Å². The highest BCUT2D eigenvalue weighted by Gasteiger charge is 2.14. The molecule has 0 bridgehead atoms. The Labute approximate surface area is 119 Å². The molecule has 2 rings (SSSR count). The molecule has 2 aromatic rings. The Kier molecular flexibility index (Phi) is 4.38. The van der Waals surface area contributed by atoms with E-state index in [1.807, 2.05) is 24.3 Å². The van der Waals surface area contributed by atoms with Gasteiger partial charge in [-0.1, -0.05) is 51.8 Å². The molecule has 0 fully saturated rings. The third-order valence-corrected chi connectivity index (χ3v) is 3.87. The first-order valence-corrected chi connectivity index (χ1v) is 6.69. The summed E-state index contributed by atoms with van der Waals surface area (Å²) >= 11 is 9.43. The number of halogens is 3. The lowest BCUT2D eigenvalue weighted by atomic mass is 9.99. The van der Waals surface area contributed by atoms with Crippen LogP contribution in [-0.4, -0.2) is 0 Å². The second kappa shape index (κ2) is 5.83. The number of hydrogen-bond donors (Lipinski definition) is 1. The van der Waals surface area contributed by atoms with Crippen LogP contribution in [0.4, 0.5) is 4.39 Å². The van der Waals surface area contributed by atoms with Crippen molar-refractivity contribution in [2.24, 2.45) is 5.73 Å². The molecule has 0 aliphatic carbocycles. The summed E-state index contributed by atoms with van der Waals surface area (Å²) in [6.07, 6.45) is 0.369. The van der Waals surface area contributed by atoms with Crippen molar-refractivity contribution in [3.8, 4) is 0 Å². The predicted octanol–water partition coefficient (Wildman–Crippen LogP) is 4.48. The van der Waals surface area contributed by atoms with Crippen molar-refractivity contribution in [2.45, 2.75) is 12.5 Å². The maximum Gasteiger partial charge on any atom is 0.127 e. The van der Waals surface area contributed by atoms with Gasteiger partial charge in [0.2, 0.25) is 0 Å². The molecule has 0 saturated heterocycles. The Balaban J connectivity index is 2.27. The van der Waals surface area contributed by atoms with Gasteiger partial charge in [0.15, 0.2) is 0 Å². The van der Waals surface area contributed by atoms with Gasteiger partial charge in [0.25, 0.3) is 0 Å². The second-order valence-electron chi connectivity index (χ2n) is 4.03. The molecule has 4 heteroatoms. The van der Waals surface area contributed by atoms with Gasteiger partial charge in [0, 0.05) is 21.1 Å². The molecule has 0 spiro atoms. The van der Waals surface area contributed by atoms with Crippen LogP contribution in [0.5, 0.6) is 0 Å². The lowest BCUT2D eigenvalue weighted by Gasteiger charge is -2.15. The molecular weight excluding hydrogens is 317 g/mol. The minimum absolute atomic E-state index is 0.296. The van der Waals surface area contributed by atoms with Crippen LogP contribution in [0.15, 0.2) is 46.9 Å². The van der Waals surface area contributed by atoms with Gasteiger partial charge >= 0.3 is 0 Å². The summed E-state index contributed by atoms with van der Waals surface area (Å²) in [6, 6.07) is 12.0. The van der Waals surface area contributed by atoms with E-state index in [2.05, 4.69) is 15.9 Å². The SMILES string of the molecule is N[C@H](Cc1c(F)cccc1Cl)c1ccccc1Br. The first-order valence-electron chi connectivity index (χ1n) is 5.52. The van der Waals surface area contributed by atoms with Crippen molar-refractivity contribution in [3.63, 3.8) is 0 Å². The van der Waals surface area contributed by atoms with Crippen molar-refractivity contribution >= 4 is 27.5 Å². The van der Waals surface area contributed by atoms with E-state index in [1.54, 1.807) is 12.1 Å². The molecule has 18 heavy (non-hydrogen) atoms. The van der Waals surface area contributed by atoms with Gasteiger partial charge < -0.3 is 5.73 Å². The highest BCUT2D eigenvalue weighted by molar-refractivity contribution is 9.10. The Morgan fingerprint density at radius 3 is 2.56 bits per heavy atom. The van der Waals surface area contributed by atoms with Crippen LogP contribution in [0.25, 0.3) is 0 Å². The second-order valence-corrected chi connectivity index (χ2v) is 5.29. The minimum atomic E-state index is -0.315. The van der Waals surface area contributed by atoms with E-state index in [0.717, 1.165) is 10.0 Å². The molecular formula is C14H12BrClFN. The van der Waals surface area contributed by atoms with Crippen molar-refractivity contribution in [1.82, 2.24) is 0 Å². The molecule has 0 aliphatic rings. The molecule has 0 unspecified atom stereocenters. The van der Waals surface area contributed by atoms with Crippen LogP contribution >= 0.6 is 27.5 Å². The standard InChI is InChI=1S/C14H12BrClFN/c15-11-5-2-1-4-9(11)14(18)8-10-12(16)6-3-7-13(10)17/h1-7,14H,8,18H2/t14-/m1/s1. The molecule has 0 saturated carbocycles. The quantitative estimate of drug-likeness (QED) is 0.883. The molecule has 0 aliphatic heterocycles. The number of benzene rings is 2. The summed E-state index contributed by atoms with van der Waals surface area (Å²) in [5.74, 6) is -0.315. The third kappa shape index (κ3) is 2.91. The van der Waals surface area contributed by atoms with Crippen molar-refractivity contribution in [1.29, 1.82) is 0 Å². The maximum atomic E-state index is 13.7. The lowest BCUT2D eigenvalue weighted by Crippen LogP contribution is -2.15. The predicted molar refractivity (Wildman–Crippen MR) is 76.2 cm³/mol. The average molecular weight is 329 g/mol. The monoisotopic (exact) mass is 327 g/mol. The highest BCUT2D eigenvalue weighted by atomic mass is 79.9. The van der Waals surface area contributed by atoms with Gasteiger partial charge in [-0.3, -0.25) is 0 Å². The molecule has 0 aromatic heterocycles. The average Bonchev–Trinajstić information content (AvgIpc) is 2.34. The first-order chi connectivity index (χ1) is 8.59. The number of rotatable bonds is 3. The van der Waals surface area contributed by atoms with Gasteiger partial charge in [0.1, 0.15) is 5.82 Å². The summed E-state index contributed by atoms with van der Waals surface area (Å²) in [4.78, 5) is 0. The van der Waals surface area contributed by atoms with E-state index in [0.29, 0.717) is 17.0 Å². The zero-order valence-electron chi connectivity index (χ0n) is 9.54. The topological polar surface area (TPSA) is 26.0 Å². The molecule has 94 valence electrons. The van der Waals surface area contributed by atoms with E-state index in [1.165, 1.54) is 6.07 Å². The maximum absolute atomic E-state index is 13.7. The summed E-state index contributed by atoms with van der Waals surface area (Å²) < 4.78 is 14.6. The summed E-state index contributed by atoms with van der Waals surface area (Å²) in [7, 11) is 0. The Morgan fingerprint density at radius 2 is 1.89 bits per heavy atom. The molecule has 0 heterocycles. The molecule has 1 nitrogen and oxygen atoms in total. The smallest absolute Gasteiger partial charge is 0.127 e. The van der Waals surface area contributed by atoms with Gasteiger partial charge in [-0.05, 0) is 30.2 Å². The van der Waals surface area contributed by atoms with Crippen LogP contribution in [0.3, 0.4) is 0 Å². The lowest BCUT2D eigenvalue weighted by molar-refractivity contribution is 0.593. The van der Waals surface area contributed by atoms with Crippen LogP contribution in [-0.2, 0) is 6.42 Å². The third-order valence-electron chi connectivity index (χ3n) is 2.79. The van der Waals surface area contributed by atoms with Crippen LogP contribution in [0.2, 0.25) is 5.02 Å². The van der Waals surface area contributed by atoms with E-state index in [9.17, 15) is 4.39 Å². The van der Waals surface area contributed by atoms with E-state index < -0.39 is 0 Å². The fourth-order valence-electron chi connectivity index (χ4n) is 1.83. The minimum Gasteiger partial charge on any atom is -0.324 e. The van der Waals surface area contributed by atoms with Crippen LogP contribution < -0.4 is 5.73 Å². The Hall–Kier alpha value is -0.900. The number of hydrogen-bond acceptors (Lipinski definition) is 1. The normalized spacial score (nSPS) is 12.4. The van der Waals surface area contributed by atoms with Gasteiger partial charge in [-0.2, -0.15) is 0 Å². The van der Waals surface area contributed by atoms with Crippen LogP contribution in [0, 0.1) is 5.82 Å². The molecule has 0 radical (unpaired) electrons. The van der Waals surface area contributed by atoms with Gasteiger partial charge in [-0.15, -0.1) is 0 Å². The van der Waals surface area contributed by atoms with Gasteiger partial charge in [0.05, 0.1) is 0 Å². The number of nitrogens with two attached hydrogens (primary N) is 1. The Bertz CT molecular complexity index is 539. The molecule has 1 atom stereocenters. The van der Waals surface area contributed by atoms with Crippen molar-refractivity contribution < 1.29 is 4.39 Å². The first kappa shape index (κ1) is 13.5. The zero-order valence-corrected chi connectivity index (χ0v) is 11.9. The van der Waals surface area contributed by atoms with Crippen molar-refractivity contribution in [2.75, 3.05) is 0 Å². The summed E-state index contributed by atoms with van der Waals surface area (Å²) in [5, 5.41) is 0.414. The van der Waals surface area contributed by atoms with E-state index >= 15 is 0 Å². The summed E-state index contributed by atoms with van der Waals surface area (Å²) in [6.45, 7) is 0. The van der Waals surface area contributed by atoms with Crippen LogP contribution in [0.1, 0.15) is 17.2 Å². The summed E-state index contributed by atoms with van der Waals surface area (Å²) in [5.41, 5.74) is 7.51. The van der Waals surface area contributed by atoms with Crippen molar-refractivity contribution in [3.05, 3.63) is 68.9 Å². The highest BCUT2D eigenvalue weighted by Crippen LogP contribution is 2.28. The fraction of sp³-hybridized carbons (Fsp3) is 0.143. The largest absolute Gasteiger partial charge is 0.324 e. The zero-order chi connectivity index (χ0) is 13.1. The molecule has 2 N–H and O–H groups in total. The van der Waals surface area contributed by atoms with Gasteiger partial charge in [-0.25, -0.2) is 4.39 Å².